The van der Waals surface area contributed by atoms with Crippen LogP contribution in [-0.4, -0.2) is 30.8 Å². The molecule has 1 amide bonds. The van der Waals surface area contributed by atoms with E-state index >= 15 is 0 Å². The van der Waals surface area contributed by atoms with Crippen LogP contribution in [0, 0.1) is 0 Å². The van der Waals surface area contributed by atoms with Gasteiger partial charge in [0, 0.05) is 6.04 Å². The molecule has 0 radical (unpaired) electrons. The fourth-order valence-corrected chi connectivity index (χ4v) is 2.64. The van der Waals surface area contributed by atoms with Crippen LogP contribution < -0.4 is 10.2 Å². The average Bonchev–Trinajstić information content (AvgIpc) is 2.75. The van der Waals surface area contributed by atoms with Crippen molar-refractivity contribution in [2.24, 2.45) is 0 Å². The van der Waals surface area contributed by atoms with Crippen LogP contribution in [0.25, 0.3) is 0 Å². The van der Waals surface area contributed by atoms with Crippen molar-refractivity contribution in [3.05, 3.63) is 29.8 Å². The van der Waals surface area contributed by atoms with E-state index in [1.54, 1.807) is 17.0 Å². The number of carbonyl (C=O) groups is 2. The first kappa shape index (κ1) is 13.7. The van der Waals surface area contributed by atoms with E-state index in [1.807, 2.05) is 26.0 Å². The van der Waals surface area contributed by atoms with Crippen LogP contribution in [0.4, 0.5) is 5.69 Å². The number of rotatable bonds is 1. The summed E-state index contributed by atoms with van der Waals surface area (Å²) in [5.41, 5.74) is 1.34. The minimum absolute atomic E-state index is 0.163. The van der Waals surface area contributed by atoms with Crippen LogP contribution in [0.1, 0.15) is 37.0 Å². The SMILES string of the molecule is CC.O=C1C(=O)N(C2CCNCC2)c2ccccc21. The van der Waals surface area contributed by atoms with Gasteiger partial charge in [-0.3, -0.25) is 9.59 Å². The Labute approximate surface area is 113 Å². The first-order valence-electron chi connectivity index (χ1n) is 6.96. The molecule has 4 heteroatoms. The standard InChI is InChI=1S/C13H14N2O2.C2H6/c16-12-10-3-1-2-4-11(10)15(13(12)17)9-5-7-14-8-6-9;1-2/h1-4,9,14H,5-8H2;1-2H3. The molecule has 0 aliphatic carbocycles. The van der Waals surface area contributed by atoms with Crippen molar-refractivity contribution >= 4 is 17.4 Å². The van der Waals surface area contributed by atoms with Gasteiger partial charge in [0.15, 0.2) is 0 Å². The summed E-state index contributed by atoms with van der Waals surface area (Å²) < 4.78 is 0. The summed E-state index contributed by atoms with van der Waals surface area (Å²) >= 11 is 0. The number of amides is 1. The van der Waals surface area contributed by atoms with Gasteiger partial charge in [-0.15, -0.1) is 0 Å². The van der Waals surface area contributed by atoms with Crippen molar-refractivity contribution in [1.29, 1.82) is 0 Å². The maximum Gasteiger partial charge on any atom is 0.299 e. The molecule has 1 aromatic rings. The predicted octanol–water partition coefficient (Wildman–Crippen LogP) is 1.99. The number of ketones is 1. The van der Waals surface area contributed by atoms with Crippen LogP contribution in [0.2, 0.25) is 0 Å². The molecule has 0 atom stereocenters. The number of benzene rings is 1. The predicted molar refractivity (Wildman–Crippen MR) is 75.5 cm³/mol. The summed E-state index contributed by atoms with van der Waals surface area (Å²) in [7, 11) is 0. The maximum atomic E-state index is 12.0. The van der Waals surface area contributed by atoms with Gasteiger partial charge in [-0.1, -0.05) is 26.0 Å². The van der Waals surface area contributed by atoms with Gasteiger partial charge < -0.3 is 10.2 Å². The van der Waals surface area contributed by atoms with Crippen molar-refractivity contribution < 1.29 is 9.59 Å². The fraction of sp³-hybridized carbons (Fsp3) is 0.467. The minimum Gasteiger partial charge on any atom is -0.317 e. The van der Waals surface area contributed by atoms with Crippen molar-refractivity contribution in [2.75, 3.05) is 18.0 Å². The van der Waals surface area contributed by atoms with Crippen LogP contribution >= 0.6 is 0 Å². The van der Waals surface area contributed by atoms with E-state index in [1.165, 1.54) is 0 Å². The Balaban J connectivity index is 0.000000637. The Hall–Kier alpha value is -1.68. The lowest BCUT2D eigenvalue weighted by Gasteiger charge is -2.31. The van der Waals surface area contributed by atoms with E-state index in [4.69, 9.17) is 0 Å². The molecule has 4 nitrogen and oxygen atoms in total. The van der Waals surface area contributed by atoms with Gasteiger partial charge in [0.2, 0.25) is 0 Å². The zero-order valence-corrected chi connectivity index (χ0v) is 11.5. The number of anilines is 1. The van der Waals surface area contributed by atoms with Crippen molar-refractivity contribution in [1.82, 2.24) is 5.32 Å². The largest absolute Gasteiger partial charge is 0.317 e. The Morgan fingerprint density at radius 1 is 1.11 bits per heavy atom. The van der Waals surface area contributed by atoms with Gasteiger partial charge in [-0.25, -0.2) is 0 Å². The highest BCUT2D eigenvalue weighted by atomic mass is 16.2. The Bertz CT molecular complexity index is 479. The molecule has 2 heterocycles. The molecule has 0 spiro atoms. The van der Waals surface area contributed by atoms with E-state index in [9.17, 15) is 9.59 Å². The molecule has 1 aromatic carbocycles. The molecule has 0 bridgehead atoms. The second-order valence-electron chi connectivity index (χ2n) is 4.50. The molecule has 1 fully saturated rings. The Kier molecular flexibility index (Phi) is 4.32. The van der Waals surface area contributed by atoms with E-state index < -0.39 is 0 Å². The minimum atomic E-state index is -0.363. The monoisotopic (exact) mass is 260 g/mol. The number of nitrogens with one attached hydrogen (secondary N) is 1. The van der Waals surface area contributed by atoms with E-state index in [2.05, 4.69) is 5.32 Å². The zero-order valence-electron chi connectivity index (χ0n) is 11.5. The normalized spacial score (nSPS) is 18.9. The van der Waals surface area contributed by atoms with Gasteiger partial charge in [0.25, 0.3) is 11.7 Å². The number of carbonyl (C=O) groups excluding carboxylic acids is 2. The summed E-state index contributed by atoms with van der Waals surface area (Å²) in [4.78, 5) is 25.6. The van der Waals surface area contributed by atoms with E-state index in [-0.39, 0.29) is 17.7 Å². The number of nitrogens with zero attached hydrogens (tertiary/aromatic N) is 1. The van der Waals surface area contributed by atoms with Gasteiger partial charge in [0.05, 0.1) is 11.3 Å². The van der Waals surface area contributed by atoms with Crippen LogP contribution in [0.15, 0.2) is 24.3 Å². The van der Waals surface area contributed by atoms with Crippen LogP contribution in [0.3, 0.4) is 0 Å². The summed E-state index contributed by atoms with van der Waals surface area (Å²) in [5.74, 6) is -0.725. The highest BCUT2D eigenvalue weighted by Gasteiger charge is 2.39. The average molecular weight is 260 g/mol. The molecule has 102 valence electrons. The third-order valence-corrected chi connectivity index (χ3v) is 3.50. The first-order chi connectivity index (χ1) is 9.29. The van der Waals surface area contributed by atoms with Crippen LogP contribution in [-0.2, 0) is 4.79 Å². The third-order valence-electron chi connectivity index (χ3n) is 3.50. The zero-order chi connectivity index (χ0) is 13.8. The van der Waals surface area contributed by atoms with E-state index in [0.29, 0.717) is 5.56 Å². The second-order valence-corrected chi connectivity index (χ2v) is 4.50. The number of piperidine rings is 1. The smallest absolute Gasteiger partial charge is 0.299 e. The molecule has 0 aromatic heterocycles. The molecule has 3 rings (SSSR count). The highest BCUT2D eigenvalue weighted by Crippen LogP contribution is 2.32. The van der Waals surface area contributed by atoms with Gasteiger partial charge >= 0.3 is 0 Å². The summed E-state index contributed by atoms with van der Waals surface area (Å²) in [6.07, 6.45) is 1.82. The number of Topliss-reactive ketones (excluding diaryl/α,β-unsaturated/α-hetero) is 1. The van der Waals surface area contributed by atoms with Crippen LogP contribution in [0.5, 0.6) is 0 Å². The quantitative estimate of drug-likeness (QED) is 0.786. The summed E-state index contributed by atoms with van der Waals surface area (Å²) in [6, 6.07) is 7.43. The summed E-state index contributed by atoms with van der Waals surface area (Å²) in [6.45, 7) is 5.82. The topological polar surface area (TPSA) is 49.4 Å². The number of para-hydroxylation sites is 1. The molecule has 2 aliphatic rings. The molecule has 1 N–H and O–H groups in total. The molecule has 0 saturated carbocycles. The van der Waals surface area contributed by atoms with Gasteiger partial charge in [0.1, 0.15) is 0 Å². The maximum absolute atomic E-state index is 12.0. The molecule has 1 saturated heterocycles. The number of hydrogen-bond donors (Lipinski definition) is 1. The molecular weight excluding hydrogens is 240 g/mol. The third kappa shape index (κ3) is 2.40. The van der Waals surface area contributed by atoms with Crippen molar-refractivity contribution in [3.63, 3.8) is 0 Å². The van der Waals surface area contributed by atoms with Gasteiger partial charge in [-0.05, 0) is 38.1 Å². The van der Waals surface area contributed by atoms with Crippen molar-refractivity contribution in [2.45, 2.75) is 32.7 Å². The lowest BCUT2D eigenvalue weighted by molar-refractivity contribution is -0.114. The summed E-state index contributed by atoms with van der Waals surface area (Å²) in [5, 5.41) is 3.27. The lowest BCUT2D eigenvalue weighted by Crippen LogP contribution is -2.45. The molecular formula is C15H20N2O2. The molecule has 2 aliphatic heterocycles. The number of hydrogen-bond acceptors (Lipinski definition) is 3. The fourth-order valence-electron chi connectivity index (χ4n) is 2.64. The molecule has 0 unspecified atom stereocenters. The Morgan fingerprint density at radius 2 is 1.74 bits per heavy atom. The first-order valence-corrected chi connectivity index (χ1v) is 6.96. The van der Waals surface area contributed by atoms with Gasteiger partial charge in [-0.2, -0.15) is 0 Å². The molecule has 19 heavy (non-hydrogen) atoms. The van der Waals surface area contributed by atoms with E-state index in [0.717, 1.165) is 31.6 Å². The lowest BCUT2D eigenvalue weighted by atomic mass is 10.0. The Morgan fingerprint density at radius 3 is 2.42 bits per heavy atom. The second kappa shape index (κ2) is 5.97. The van der Waals surface area contributed by atoms with Crippen molar-refractivity contribution in [3.8, 4) is 0 Å². The number of fused-ring (bicyclic) bond motifs is 1. The highest BCUT2D eigenvalue weighted by molar-refractivity contribution is 6.52.